The van der Waals surface area contributed by atoms with Crippen molar-refractivity contribution in [2.45, 2.75) is 65.4 Å². The average molecular weight is 657 g/mol. The number of carboxylic acid groups (broad SMARTS) is 1. The predicted octanol–water partition coefficient (Wildman–Crippen LogP) is 10.9. The van der Waals surface area contributed by atoms with Gasteiger partial charge in [0.25, 0.3) is 5.91 Å². The third-order valence-corrected chi connectivity index (χ3v) is 14.0. The van der Waals surface area contributed by atoms with Gasteiger partial charge in [-0.3, -0.25) is 4.79 Å². The number of anilines is 1. The summed E-state index contributed by atoms with van der Waals surface area (Å²) in [5.41, 5.74) is 2.26. The van der Waals surface area contributed by atoms with Crippen LogP contribution in [-0.2, 0) is 4.43 Å². The molecule has 1 N–H and O–H groups in total. The minimum absolute atomic E-state index is 0. The number of hydrogen-bond acceptors (Lipinski definition) is 4. The van der Waals surface area contributed by atoms with Gasteiger partial charge in [0.15, 0.2) is 8.32 Å². The van der Waals surface area contributed by atoms with E-state index in [0.29, 0.717) is 5.02 Å². The molecule has 1 amide bonds. The maximum atomic E-state index is 14.5. The number of carbonyl (C=O) groups excluding carboxylic acids is 1. The summed E-state index contributed by atoms with van der Waals surface area (Å²) in [7, 11) is -2.37. The normalized spacial score (nSPS) is 13.1. The van der Waals surface area contributed by atoms with Crippen LogP contribution in [0.15, 0.2) is 84.9 Å². The van der Waals surface area contributed by atoms with Gasteiger partial charge in [-0.1, -0.05) is 112 Å². The summed E-state index contributed by atoms with van der Waals surface area (Å²) in [6, 6.07) is 25.1. The Morgan fingerprint density at radius 1 is 0.930 bits per heavy atom. The molecule has 1 aromatic heterocycles. The molecule has 0 spiro atoms. The molecule has 5 nitrogen and oxygen atoms in total. The van der Waals surface area contributed by atoms with Gasteiger partial charge in [-0.2, -0.15) is 0 Å². The lowest BCUT2D eigenvalue weighted by molar-refractivity contribution is 0.0702. The van der Waals surface area contributed by atoms with Crippen LogP contribution < -0.4 is 4.90 Å². The van der Waals surface area contributed by atoms with Crippen molar-refractivity contribution in [1.82, 2.24) is 0 Å². The molecular formula is C34H39Cl2NO4SSi. The second kappa shape index (κ2) is 13.8. The van der Waals surface area contributed by atoms with E-state index in [1.54, 1.807) is 18.2 Å². The first kappa shape index (κ1) is 34.5. The van der Waals surface area contributed by atoms with Gasteiger partial charge >= 0.3 is 5.97 Å². The number of hydrogen-bond donors (Lipinski definition) is 1. The molecule has 2 atom stereocenters. The Balaban J connectivity index is 0.00000506. The predicted molar refractivity (Wildman–Crippen MR) is 184 cm³/mol. The Kier molecular flexibility index (Phi) is 11.1. The summed E-state index contributed by atoms with van der Waals surface area (Å²) in [4.78, 5) is 29.5. The van der Waals surface area contributed by atoms with Crippen LogP contribution in [0.5, 0.6) is 0 Å². The van der Waals surface area contributed by atoms with Crippen LogP contribution >= 0.6 is 34.5 Å². The molecular weight excluding hydrogens is 617 g/mol. The SMILES string of the molecule is C.CC([C@@H](O[Si](C)(C)C(C)(C)C)c1ccccc1)N(C(=O)c1ccc(Cl)cc1Cl)c1cc(-c2ccccc2)sc1C(=O)O. The van der Waals surface area contributed by atoms with Gasteiger partial charge in [0, 0.05) is 9.90 Å². The Morgan fingerprint density at radius 2 is 1.51 bits per heavy atom. The van der Waals surface area contributed by atoms with Gasteiger partial charge in [0.05, 0.1) is 28.4 Å². The minimum atomic E-state index is -2.37. The molecule has 0 aliphatic carbocycles. The van der Waals surface area contributed by atoms with Crippen LogP contribution in [0, 0.1) is 0 Å². The second-order valence-electron chi connectivity index (χ2n) is 11.7. The number of carbonyl (C=O) groups is 2. The molecule has 0 aliphatic heterocycles. The largest absolute Gasteiger partial charge is 0.477 e. The average Bonchev–Trinajstić information content (AvgIpc) is 3.37. The van der Waals surface area contributed by atoms with E-state index in [9.17, 15) is 14.7 Å². The summed E-state index contributed by atoms with van der Waals surface area (Å²) >= 11 is 13.9. The number of aromatic carboxylic acids is 1. The van der Waals surface area contributed by atoms with Crippen molar-refractivity contribution in [1.29, 1.82) is 0 Å². The van der Waals surface area contributed by atoms with Gasteiger partial charge in [-0.15, -0.1) is 11.3 Å². The number of amides is 1. The van der Waals surface area contributed by atoms with Gasteiger partial charge in [0.2, 0.25) is 0 Å². The van der Waals surface area contributed by atoms with Crippen LogP contribution in [0.3, 0.4) is 0 Å². The number of thiophene rings is 1. The summed E-state index contributed by atoms with van der Waals surface area (Å²) in [5, 5.41) is 10.8. The molecule has 0 saturated carbocycles. The van der Waals surface area contributed by atoms with E-state index < -0.39 is 32.3 Å². The maximum absolute atomic E-state index is 14.5. The van der Waals surface area contributed by atoms with Gasteiger partial charge in [0.1, 0.15) is 4.88 Å². The van der Waals surface area contributed by atoms with Gasteiger partial charge in [-0.05, 0) is 60.4 Å². The third kappa shape index (κ3) is 7.59. The highest BCUT2D eigenvalue weighted by Gasteiger charge is 2.43. The molecule has 4 aromatic rings. The highest BCUT2D eigenvalue weighted by atomic mass is 35.5. The first-order chi connectivity index (χ1) is 19.7. The zero-order valence-corrected chi connectivity index (χ0v) is 27.8. The molecule has 0 aliphatic rings. The fourth-order valence-electron chi connectivity index (χ4n) is 4.48. The lowest BCUT2D eigenvalue weighted by Crippen LogP contribution is -2.49. The second-order valence-corrected chi connectivity index (χ2v) is 18.4. The number of rotatable bonds is 9. The zero-order chi connectivity index (χ0) is 30.8. The molecule has 3 aromatic carbocycles. The Morgan fingerprint density at radius 3 is 2.05 bits per heavy atom. The van der Waals surface area contributed by atoms with Crippen molar-refractivity contribution in [3.8, 4) is 10.4 Å². The topological polar surface area (TPSA) is 66.8 Å². The maximum Gasteiger partial charge on any atom is 0.348 e. The van der Waals surface area contributed by atoms with Crippen LogP contribution in [0.4, 0.5) is 5.69 Å². The van der Waals surface area contributed by atoms with Crippen molar-refractivity contribution in [2.75, 3.05) is 4.90 Å². The number of benzene rings is 3. The van der Waals surface area contributed by atoms with Crippen LogP contribution in [-0.4, -0.2) is 31.3 Å². The minimum Gasteiger partial charge on any atom is -0.477 e. The number of carboxylic acids is 1. The molecule has 1 heterocycles. The smallest absolute Gasteiger partial charge is 0.348 e. The zero-order valence-electron chi connectivity index (χ0n) is 24.5. The van der Waals surface area contributed by atoms with E-state index in [1.807, 2.05) is 67.6 Å². The molecule has 43 heavy (non-hydrogen) atoms. The Labute approximate surface area is 270 Å². The third-order valence-electron chi connectivity index (χ3n) is 7.81. The lowest BCUT2D eigenvalue weighted by atomic mass is 10.0. The fourth-order valence-corrected chi connectivity index (χ4v) is 7.29. The molecule has 9 heteroatoms. The number of nitrogens with zero attached hydrogens (tertiary/aromatic N) is 1. The summed E-state index contributed by atoms with van der Waals surface area (Å²) in [6.45, 7) is 12.7. The molecule has 0 saturated heterocycles. The van der Waals surface area contributed by atoms with E-state index >= 15 is 0 Å². The van der Waals surface area contributed by atoms with E-state index in [1.165, 1.54) is 11.0 Å². The van der Waals surface area contributed by atoms with Crippen LogP contribution in [0.2, 0.25) is 28.2 Å². The summed E-state index contributed by atoms with van der Waals surface area (Å²) < 4.78 is 7.03. The van der Waals surface area contributed by atoms with E-state index in [2.05, 4.69) is 33.9 Å². The highest BCUT2D eigenvalue weighted by molar-refractivity contribution is 7.18. The van der Waals surface area contributed by atoms with Crippen molar-refractivity contribution >= 4 is 60.4 Å². The molecule has 1 unspecified atom stereocenters. The van der Waals surface area contributed by atoms with Crippen LogP contribution in [0.25, 0.3) is 10.4 Å². The molecule has 228 valence electrons. The molecule has 0 bridgehead atoms. The lowest BCUT2D eigenvalue weighted by Gasteiger charge is -2.43. The van der Waals surface area contributed by atoms with Gasteiger partial charge in [-0.25, -0.2) is 4.79 Å². The van der Waals surface area contributed by atoms with Gasteiger partial charge < -0.3 is 14.4 Å². The Bertz CT molecular complexity index is 1570. The summed E-state index contributed by atoms with van der Waals surface area (Å²) in [5.74, 6) is -1.56. The first-order valence-electron chi connectivity index (χ1n) is 13.6. The van der Waals surface area contributed by atoms with E-state index in [4.69, 9.17) is 27.6 Å². The monoisotopic (exact) mass is 655 g/mol. The van der Waals surface area contributed by atoms with Crippen LogP contribution in [0.1, 0.15) is 66.8 Å². The standard InChI is InChI=1S/C33H35Cl2NO4SSi.CH4/c1-21(29(23-15-11-8-12-16-23)40-42(5,6)33(2,3)4)36(31(37)25-18-17-24(34)19-26(25)35)27-20-28(41-30(27)32(38)39)22-13-9-7-10-14-22;/h7-21,29H,1-6H3,(H,38,39);1H4/t21?,29-;/m1./s1. The van der Waals surface area contributed by atoms with Crippen molar-refractivity contribution in [2.24, 2.45) is 0 Å². The van der Waals surface area contributed by atoms with Crippen molar-refractivity contribution < 1.29 is 19.1 Å². The fraction of sp³-hybridized carbons (Fsp3) is 0.294. The summed E-state index contributed by atoms with van der Waals surface area (Å²) in [6.07, 6.45) is -0.552. The van der Waals surface area contributed by atoms with Crippen molar-refractivity contribution in [3.63, 3.8) is 0 Å². The Hall–Kier alpha value is -2.94. The first-order valence-corrected chi connectivity index (χ1v) is 18.1. The van der Waals surface area contributed by atoms with E-state index in [-0.39, 0.29) is 33.6 Å². The molecule has 0 fully saturated rings. The van der Waals surface area contributed by atoms with Crippen molar-refractivity contribution in [3.05, 3.63) is 111 Å². The van der Waals surface area contributed by atoms with E-state index in [0.717, 1.165) is 27.3 Å². The highest BCUT2D eigenvalue weighted by Crippen LogP contribution is 2.44. The quantitative estimate of drug-likeness (QED) is 0.182. The molecule has 0 radical (unpaired) electrons. The number of halogens is 2. The molecule has 4 rings (SSSR count).